The van der Waals surface area contributed by atoms with Gasteiger partial charge in [-0.05, 0) is 13.8 Å². The van der Waals surface area contributed by atoms with Crippen LogP contribution in [-0.2, 0) is 4.79 Å². The summed E-state index contributed by atoms with van der Waals surface area (Å²) in [5.74, 6) is 0.135. The molecule has 0 aliphatic carbocycles. The normalized spacial score (nSPS) is 23.2. The van der Waals surface area contributed by atoms with Crippen molar-refractivity contribution in [3.8, 4) is 0 Å². The van der Waals surface area contributed by atoms with Crippen molar-refractivity contribution in [1.82, 2.24) is 16.0 Å². The van der Waals surface area contributed by atoms with Crippen molar-refractivity contribution < 1.29 is 4.79 Å². The fraction of sp³-hybridized carbons (Fsp3) is 0.889. The van der Waals surface area contributed by atoms with E-state index >= 15 is 0 Å². The van der Waals surface area contributed by atoms with Crippen LogP contribution in [0.5, 0.6) is 0 Å². The van der Waals surface area contributed by atoms with E-state index in [0.29, 0.717) is 12.5 Å². The van der Waals surface area contributed by atoms with Gasteiger partial charge < -0.3 is 16.0 Å². The summed E-state index contributed by atoms with van der Waals surface area (Å²) in [6, 6.07) is 0.538. The molecule has 1 saturated heterocycles. The zero-order valence-corrected chi connectivity index (χ0v) is 8.39. The summed E-state index contributed by atoms with van der Waals surface area (Å²) in [4.78, 5) is 11.3. The molecule has 1 heterocycles. The van der Waals surface area contributed by atoms with Crippen LogP contribution in [0.15, 0.2) is 0 Å². The summed E-state index contributed by atoms with van der Waals surface area (Å²) in [6.07, 6.45) is 0.575. The lowest BCUT2D eigenvalue weighted by Gasteiger charge is -2.24. The van der Waals surface area contributed by atoms with E-state index in [9.17, 15) is 4.79 Å². The molecule has 0 aromatic rings. The van der Waals surface area contributed by atoms with Gasteiger partial charge in [0.25, 0.3) is 0 Å². The average Bonchev–Trinajstić information content (AvgIpc) is 2.04. The Kier molecular flexibility index (Phi) is 4.18. The third-order valence-electron chi connectivity index (χ3n) is 2.01. The Morgan fingerprint density at radius 2 is 2.31 bits per heavy atom. The van der Waals surface area contributed by atoms with Crippen LogP contribution in [0.25, 0.3) is 0 Å². The zero-order chi connectivity index (χ0) is 9.68. The van der Waals surface area contributed by atoms with E-state index in [4.69, 9.17) is 0 Å². The molecule has 1 fully saturated rings. The molecule has 0 aromatic carbocycles. The maximum Gasteiger partial charge on any atom is 0.221 e. The predicted octanol–water partition coefficient (Wildman–Crippen LogP) is -0.537. The molecular formula is C9H19N3O. The molecule has 0 spiro atoms. The number of hydrogen-bond acceptors (Lipinski definition) is 3. The van der Waals surface area contributed by atoms with Crippen molar-refractivity contribution >= 4 is 5.91 Å². The van der Waals surface area contributed by atoms with Gasteiger partial charge in [0.2, 0.25) is 5.91 Å². The van der Waals surface area contributed by atoms with Crippen LogP contribution in [0.4, 0.5) is 0 Å². The van der Waals surface area contributed by atoms with E-state index in [1.54, 1.807) is 0 Å². The highest BCUT2D eigenvalue weighted by Crippen LogP contribution is 1.94. The zero-order valence-electron chi connectivity index (χ0n) is 8.39. The second-order valence-electron chi connectivity index (χ2n) is 3.78. The predicted molar refractivity (Wildman–Crippen MR) is 52.6 cm³/mol. The topological polar surface area (TPSA) is 53.2 Å². The average molecular weight is 185 g/mol. The van der Waals surface area contributed by atoms with Gasteiger partial charge >= 0.3 is 0 Å². The molecule has 13 heavy (non-hydrogen) atoms. The summed E-state index contributed by atoms with van der Waals surface area (Å²) >= 11 is 0. The number of rotatable bonds is 3. The van der Waals surface area contributed by atoms with Gasteiger partial charge in [0, 0.05) is 38.1 Å². The number of carbonyl (C=O) groups excluding carboxylic acids is 1. The molecule has 4 heteroatoms. The van der Waals surface area contributed by atoms with Crippen LogP contribution in [-0.4, -0.2) is 37.6 Å². The Labute approximate surface area is 79.5 Å². The fourth-order valence-corrected chi connectivity index (χ4v) is 1.46. The molecule has 0 radical (unpaired) electrons. The monoisotopic (exact) mass is 185 g/mol. The standard InChI is InChI=1S/C9H19N3O/c1-7(2)12-9(13)5-8-6-10-3-4-11-8/h7-8,10-11H,3-6H2,1-2H3,(H,12,13). The van der Waals surface area contributed by atoms with E-state index in [0.717, 1.165) is 19.6 Å². The molecule has 1 atom stereocenters. The quantitative estimate of drug-likeness (QED) is 0.553. The Hall–Kier alpha value is -0.610. The van der Waals surface area contributed by atoms with E-state index < -0.39 is 0 Å². The van der Waals surface area contributed by atoms with Gasteiger partial charge in [-0.15, -0.1) is 0 Å². The van der Waals surface area contributed by atoms with E-state index in [-0.39, 0.29) is 11.9 Å². The van der Waals surface area contributed by atoms with Crippen molar-refractivity contribution in [1.29, 1.82) is 0 Å². The van der Waals surface area contributed by atoms with Gasteiger partial charge in [0.05, 0.1) is 0 Å². The van der Waals surface area contributed by atoms with Crippen molar-refractivity contribution in [2.24, 2.45) is 0 Å². The molecule has 4 nitrogen and oxygen atoms in total. The Morgan fingerprint density at radius 3 is 2.85 bits per heavy atom. The molecule has 0 aromatic heterocycles. The summed E-state index contributed by atoms with van der Waals surface area (Å²) < 4.78 is 0. The van der Waals surface area contributed by atoms with Crippen molar-refractivity contribution in [2.75, 3.05) is 19.6 Å². The minimum absolute atomic E-state index is 0.135. The second-order valence-corrected chi connectivity index (χ2v) is 3.78. The van der Waals surface area contributed by atoms with Crippen LogP contribution in [0.3, 0.4) is 0 Å². The van der Waals surface area contributed by atoms with Crippen LogP contribution in [0.1, 0.15) is 20.3 Å². The van der Waals surface area contributed by atoms with Crippen LogP contribution >= 0.6 is 0 Å². The first kappa shape index (κ1) is 10.5. The number of nitrogens with one attached hydrogen (secondary N) is 3. The molecule has 1 rings (SSSR count). The van der Waals surface area contributed by atoms with Crippen molar-refractivity contribution in [2.45, 2.75) is 32.4 Å². The highest BCUT2D eigenvalue weighted by Gasteiger charge is 2.15. The van der Waals surface area contributed by atoms with E-state index in [1.165, 1.54) is 0 Å². The smallest absolute Gasteiger partial charge is 0.221 e. The van der Waals surface area contributed by atoms with E-state index in [1.807, 2.05) is 13.8 Å². The second kappa shape index (κ2) is 5.19. The van der Waals surface area contributed by atoms with Gasteiger partial charge in [-0.25, -0.2) is 0 Å². The minimum atomic E-state index is 0.135. The summed E-state index contributed by atoms with van der Waals surface area (Å²) in [7, 11) is 0. The van der Waals surface area contributed by atoms with E-state index in [2.05, 4.69) is 16.0 Å². The Balaban J connectivity index is 2.18. The summed E-state index contributed by atoms with van der Waals surface area (Å²) in [5.41, 5.74) is 0. The SMILES string of the molecule is CC(C)NC(=O)CC1CNCCN1. The van der Waals surface area contributed by atoms with Gasteiger partial charge in [0.15, 0.2) is 0 Å². The molecule has 1 amide bonds. The van der Waals surface area contributed by atoms with Crippen LogP contribution in [0.2, 0.25) is 0 Å². The molecular weight excluding hydrogens is 166 g/mol. The molecule has 1 aliphatic rings. The molecule has 1 unspecified atom stereocenters. The van der Waals surface area contributed by atoms with Gasteiger partial charge in [-0.1, -0.05) is 0 Å². The lowest BCUT2D eigenvalue weighted by atomic mass is 10.1. The van der Waals surface area contributed by atoms with Gasteiger partial charge in [-0.2, -0.15) is 0 Å². The number of amides is 1. The number of carbonyl (C=O) groups is 1. The fourth-order valence-electron chi connectivity index (χ4n) is 1.46. The molecule has 76 valence electrons. The highest BCUT2D eigenvalue weighted by atomic mass is 16.1. The first-order chi connectivity index (χ1) is 6.18. The highest BCUT2D eigenvalue weighted by molar-refractivity contribution is 5.76. The summed E-state index contributed by atoms with van der Waals surface area (Å²) in [6.45, 7) is 6.81. The molecule has 0 bridgehead atoms. The largest absolute Gasteiger partial charge is 0.354 e. The minimum Gasteiger partial charge on any atom is -0.354 e. The van der Waals surface area contributed by atoms with Gasteiger partial charge in [-0.3, -0.25) is 4.79 Å². The maximum atomic E-state index is 11.3. The summed E-state index contributed by atoms with van der Waals surface area (Å²) in [5, 5.41) is 9.43. The first-order valence-electron chi connectivity index (χ1n) is 4.92. The molecule has 1 aliphatic heterocycles. The molecule has 3 N–H and O–H groups in total. The molecule has 0 saturated carbocycles. The van der Waals surface area contributed by atoms with Crippen LogP contribution < -0.4 is 16.0 Å². The third kappa shape index (κ3) is 4.24. The van der Waals surface area contributed by atoms with Gasteiger partial charge in [0.1, 0.15) is 0 Å². The van der Waals surface area contributed by atoms with Crippen molar-refractivity contribution in [3.63, 3.8) is 0 Å². The first-order valence-corrected chi connectivity index (χ1v) is 4.92. The third-order valence-corrected chi connectivity index (χ3v) is 2.01. The lowest BCUT2D eigenvalue weighted by Crippen LogP contribution is -2.50. The van der Waals surface area contributed by atoms with Crippen molar-refractivity contribution in [3.05, 3.63) is 0 Å². The lowest BCUT2D eigenvalue weighted by molar-refractivity contribution is -0.122. The Morgan fingerprint density at radius 1 is 1.54 bits per heavy atom. The van der Waals surface area contributed by atoms with Crippen LogP contribution in [0, 0.1) is 0 Å². The maximum absolute atomic E-state index is 11.3. The number of hydrogen-bond donors (Lipinski definition) is 3. The Bertz CT molecular complexity index is 164. The number of piperazine rings is 1.